The fourth-order valence-electron chi connectivity index (χ4n) is 2.51. The Morgan fingerprint density at radius 1 is 1.50 bits per heavy atom. The number of nitrogens with zero attached hydrogens (tertiary/aromatic N) is 1. The van der Waals surface area contributed by atoms with Crippen LogP contribution in [0.4, 0.5) is 0 Å². The van der Waals surface area contributed by atoms with Crippen molar-refractivity contribution in [3.8, 4) is 0 Å². The van der Waals surface area contributed by atoms with Crippen LogP contribution < -0.4 is 5.73 Å². The highest BCUT2D eigenvalue weighted by atomic mass is 16.5. The van der Waals surface area contributed by atoms with Crippen LogP contribution in [-0.4, -0.2) is 37.7 Å². The third-order valence-corrected chi connectivity index (χ3v) is 3.63. The molecule has 0 saturated carbocycles. The van der Waals surface area contributed by atoms with E-state index < -0.39 is 0 Å². The van der Waals surface area contributed by atoms with E-state index in [0.717, 1.165) is 37.5 Å². The summed E-state index contributed by atoms with van der Waals surface area (Å²) in [5.74, 6) is 1.99. The highest BCUT2D eigenvalue weighted by molar-refractivity contribution is 5.11. The van der Waals surface area contributed by atoms with Gasteiger partial charge < -0.3 is 14.9 Å². The Balaban J connectivity index is 1.97. The van der Waals surface area contributed by atoms with Crippen LogP contribution in [0.15, 0.2) is 16.5 Å². The molecule has 2 N–H and O–H groups in total. The zero-order valence-electron chi connectivity index (χ0n) is 11.4. The summed E-state index contributed by atoms with van der Waals surface area (Å²) in [6.45, 7) is 4.48. The van der Waals surface area contributed by atoms with E-state index >= 15 is 0 Å². The van der Waals surface area contributed by atoms with Crippen LogP contribution >= 0.6 is 0 Å². The SMILES string of the molecule is CCc1ccc(C(CN)N(C)CC2CCCO2)o1. The zero-order chi connectivity index (χ0) is 13.0. The molecule has 4 nitrogen and oxygen atoms in total. The molecule has 1 saturated heterocycles. The molecule has 4 heteroatoms. The van der Waals surface area contributed by atoms with Crippen molar-refractivity contribution in [2.24, 2.45) is 5.73 Å². The van der Waals surface area contributed by atoms with E-state index in [9.17, 15) is 0 Å². The summed E-state index contributed by atoms with van der Waals surface area (Å²) in [7, 11) is 2.09. The van der Waals surface area contributed by atoms with Gasteiger partial charge in [0, 0.05) is 26.1 Å². The van der Waals surface area contributed by atoms with E-state index in [-0.39, 0.29) is 6.04 Å². The Hall–Kier alpha value is -0.840. The first-order valence-electron chi connectivity index (χ1n) is 6.85. The van der Waals surface area contributed by atoms with Gasteiger partial charge >= 0.3 is 0 Å². The van der Waals surface area contributed by atoms with Crippen molar-refractivity contribution in [2.75, 3.05) is 26.7 Å². The van der Waals surface area contributed by atoms with Crippen molar-refractivity contribution in [3.63, 3.8) is 0 Å². The fraction of sp³-hybridized carbons (Fsp3) is 0.714. The van der Waals surface area contributed by atoms with Crippen LogP contribution in [0.5, 0.6) is 0 Å². The van der Waals surface area contributed by atoms with Crippen molar-refractivity contribution in [2.45, 2.75) is 38.3 Å². The molecule has 0 spiro atoms. The van der Waals surface area contributed by atoms with Crippen LogP contribution in [-0.2, 0) is 11.2 Å². The molecule has 1 aliphatic rings. The van der Waals surface area contributed by atoms with Crippen LogP contribution in [0.2, 0.25) is 0 Å². The molecular formula is C14H24N2O2. The quantitative estimate of drug-likeness (QED) is 0.841. The van der Waals surface area contributed by atoms with Crippen molar-refractivity contribution >= 4 is 0 Å². The number of nitrogens with two attached hydrogens (primary N) is 1. The standard InChI is InChI=1S/C14H24N2O2/c1-3-11-6-7-14(18-11)13(9-15)16(2)10-12-5-4-8-17-12/h6-7,12-13H,3-5,8-10,15H2,1-2H3. The van der Waals surface area contributed by atoms with Crippen molar-refractivity contribution in [3.05, 3.63) is 23.7 Å². The second-order valence-electron chi connectivity index (χ2n) is 4.98. The molecule has 2 rings (SSSR count). The number of likely N-dealkylation sites (N-methyl/N-ethyl adjacent to an activating group) is 1. The smallest absolute Gasteiger partial charge is 0.122 e. The van der Waals surface area contributed by atoms with Gasteiger partial charge in [0.05, 0.1) is 12.1 Å². The lowest BCUT2D eigenvalue weighted by molar-refractivity contribution is 0.0653. The normalized spacial score (nSPS) is 21.7. The van der Waals surface area contributed by atoms with Crippen molar-refractivity contribution in [1.82, 2.24) is 4.90 Å². The Labute approximate surface area is 109 Å². The summed E-state index contributed by atoms with van der Waals surface area (Å²) >= 11 is 0. The van der Waals surface area contributed by atoms with E-state index in [1.165, 1.54) is 6.42 Å². The van der Waals surface area contributed by atoms with Gasteiger partial charge in [0.25, 0.3) is 0 Å². The number of furan rings is 1. The molecule has 0 aromatic carbocycles. The topological polar surface area (TPSA) is 51.6 Å². The number of hydrogen-bond donors (Lipinski definition) is 1. The molecule has 1 aliphatic heterocycles. The highest BCUT2D eigenvalue weighted by Gasteiger charge is 2.24. The van der Waals surface area contributed by atoms with E-state index in [2.05, 4.69) is 18.9 Å². The molecule has 1 fully saturated rings. The Bertz CT molecular complexity index is 358. The minimum absolute atomic E-state index is 0.148. The number of ether oxygens (including phenoxy) is 1. The predicted molar refractivity (Wildman–Crippen MR) is 71.5 cm³/mol. The second-order valence-corrected chi connectivity index (χ2v) is 4.98. The summed E-state index contributed by atoms with van der Waals surface area (Å²) in [6.07, 6.45) is 3.60. The molecule has 1 aromatic rings. The first kappa shape index (κ1) is 13.6. The second kappa shape index (κ2) is 6.36. The van der Waals surface area contributed by atoms with E-state index in [1.807, 2.05) is 12.1 Å². The van der Waals surface area contributed by atoms with Gasteiger partial charge in [-0.05, 0) is 32.0 Å². The molecule has 1 aromatic heterocycles. The molecule has 0 amide bonds. The average Bonchev–Trinajstić information content (AvgIpc) is 3.01. The largest absolute Gasteiger partial charge is 0.464 e. The minimum Gasteiger partial charge on any atom is -0.464 e. The minimum atomic E-state index is 0.148. The lowest BCUT2D eigenvalue weighted by Crippen LogP contribution is -2.35. The van der Waals surface area contributed by atoms with Crippen LogP contribution in [0.1, 0.15) is 37.3 Å². The predicted octanol–water partition coefficient (Wildman–Crippen LogP) is 1.95. The molecule has 0 radical (unpaired) electrons. The van der Waals surface area contributed by atoms with Crippen LogP contribution in [0, 0.1) is 0 Å². The molecule has 2 heterocycles. The van der Waals surface area contributed by atoms with Gasteiger partial charge in [0.1, 0.15) is 11.5 Å². The van der Waals surface area contributed by atoms with Gasteiger partial charge in [-0.3, -0.25) is 4.90 Å². The van der Waals surface area contributed by atoms with E-state index in [1.54, 1.807) is 0 Å². The summed E-state index contributed by atoms with van der Waals surface area (Å²) in [6, 6.07) is 4.23. The first-order chi connectivity index (χ1) is 8.74. The van der Waals surface area contributed by atoms with Crippen molar-refractivity contribution in [1.29, 1.82) is 0 Å². The van der Waals surface area contributed by atoms with E-state index in [4.69, 9.17) is 14.9 Å². The zero-order valence-corrected chi connectivity index (χ0v) is 11.4. The fourth-order valence-corrected chi connectivity index (χ4v) is 2.51. The molecule has 0 aliphatic carbocycles. The Kier molecular flexibility index (Phi) is 4.80. The molecule has 0 bridgehead atoms. The van der Waals surface area contributed by atoms with Crippen LogP contribution in [0.25, 0.3) is 0 Å². The van der Waals surface area contributed by atoms with Crippen LogP contribution in [0.3, 0.4) is 0 Å². The lowest BCUT2D eigenvalue weighted by Gasteiger charge is -2.27. The van der Waals surface area contributed by atoms with Gasteiger partial charge in [-0.15, -0.1) is 0 Å². The van der Waals surface area contributed by atoms with E-state index in [0.29, 0.717) is 12.6 Å². The summed E-state index contributed by atoms with van der Waals surface area (Å²) in [5.41, 5.74) is 5.89. The number of hydrogen-bond acceptors (Lipinski definition) is 4. The molecule has 2 atom stereocenters. The summed E-state index contributed by atoms with van der Waals surface area (Å²) in [4.78, 5) is 2.24. The van der Waals surface area contributed by atoms with Gasteiger partial charge in [0.15, 0.2) is 0 Å². The van der Waals surface area contributed by atoms with Crippen molar-refractivity contribution < 1.29 is 9.15 Å². The molecule has 2 unspecified atom stereocenters. The lowest BCUT2D eigenvalue weighted by atomic mass is 10.1. The Morgan fingerprint density at radius 2 is 2.33 bits per heavy atom. The monoisotopic (exact) mass is 252 g/mol. The van der Waals surface area contributed by atoms with Gasteiger partial charge in [-0.2, -0.15) is 0 Å². The summed E-state index contributed by atoms with van der Waals surface area (Å²) in [5, 5.41) is 0. The number of aryl methyl sites for hydroxylation is 1. The van der Waals surface area contributed by atoms with Gasteiger partial charge in [-0.25, -0.2) is 0 Å². The first-order valence-corrected chi connectivity index (χ1v) is 6.85. The third kappa shape index (κ3) is 3.13. The molecular weight excluding hydrogens is 228 g/mol. The van der Waals surface area contributed by atoms with Gasteiger partial charge in [0.2, 0.25) is 0 Å². The third-order valence-electron chi connectivity index (χ3n) is 3.63. The average molecular weight is 252 g/mol. The maximum absolute atomic E-state index is 5.89. The molecule has 18 heavy (non-hydrogen) atoms. The maximum atomic E-state index is 5.89. The maximum Gasteiger partial charge on any atom is 0.122 e. The van der Waals surface area contributed by atoms with Gasteiger partial charge in [-0.1, -0.05) is 6.92 Å². The summed E-state index contributed by atoms with van der Waals surface area (Å²) < 4.78 is 11.5. The Morgan fingerprint density at radius 3 is 2.89 bits per heavy atom. The number of rotatable bonds is 6. The highest BCUT2D eigenvalue weighted by Crippen LogP contribution is 2.23. The molecule has 102 valence electrons.